The molecule has 0 aliphatic rings. The van der Waals surface area contributed by atoms with Gasteiger partial charge in [0.05, 0.1) is 34.6 Å². The summed E-state index contributed by atoms with van der Waals surface area (Å²) in [5.41, 5.74) is 2.68. The molecule has 0 bridgehead atoms. The number of aromatic nitrogens is 1. The molecular weight excluding hydrogens is 480 g/mol. The summed E-state index contributed by atoms with van der Waals surface area (Å²) < 4.78 is 91.7. The quantitative estimate of drug-likeness (QED) is 0.380. The summed E-state index contributed by atoms with van der Waals surface area (Å²) in [5.74, 6) is -7.31. The third kappa shape index (κ3) is 4.40. The van der Waals surface area contributed by atoms with Crippen LogP contribution in [0, 0.1) is 28.8 Å². The Morgan fingerprint density at radius 2 is 1.73 bits per heavy atom. The van der Waals surface area contributed by atoms with E-state index in [1.165, 1.54) is 0 Å². The highest BCUT2D eigenvalue weighted by atomic mass is 35.5. The molecule has 3 rings (SSSR count). The van der Waals surface area contributed by atoms with Crippen LogP contribution in [-0.4, -0.2) is 17.6 Å². The van der Waals surface area contributed by atoms with Gasteiger partial charge in [-0.2, -0.15) is 18.4 Å². The number of nitrogens with two attached hydrogens (primary N) is 1. The van der Waals surface area contributed by atoms with Crippen molar-refractivity contribution in [2.45, 2.75) is 6.18 Å². The molecule has 0 fully saturated rings. The lowest BCUT2D eigenvalue weighted by Gasteiger charge is -2.15. The second-order valence-electron chi connectivity index (χ2n) is 6.38. The lowest BCUT2D eigenvalue weighted by atomic mass is 10.2. The highest BCUT2D eigenvalue weighted by Crippen LogP contribution is 2.39. The summed E-state index contributed by atoms with van der Waals surface area (Å²) in [4.78, 5) is 12.1. The van der Waals surface area contributed by atoms with Gasteiger partial charge in [-0.1, -0.05) is 11.6 Å². The molecule has 0 spiro atoms. The van der Waals surface area contributed by atoms with Gasteiger partial charge in [0, 0.05) is 12.3 Å². The van der Waals surface area contributed by atoms with Crippen LogP contribution in [0.2, 0.25) is 5.02 Å². The minimum absolute atomic E-state index is 0.0119. The van der Waals surface area contributed by atoms with Crippen molar-refractivity contribution in [3.63, 3.8) is 0 Å². The topological polar surface area (TPSA) is 90.3 Å². The number of esters is 1. The molecule has 33 heavy (non-hydrogen) atoms. The summed E-state index contributed by atoms with van der Waals surface area (Å²) in [6, 6.07) is 3.19. The Hall–Kier alpha value is -3.85. The first-order valence-electron chi connectivity index (χ1n) is 8.61. The van der Waals surface area contributed by atoms with Crippen molar-refractivity contribution < 1.29 is 40.6 Å². The van der Waals surface area contributed by atoms with Crippen LogP contribution < -0.4 is 10.5 Å². The lowest BCUT2D eigenvalue weighted by molar-refractivity contribution is -0.138. The number of rotatable bonds is 4. The molecule has 6 nitrogen and oxygen atoms in total. The molecule has 1 aromatic heterocycles. The number of nitriles is 1. The lowest BCUT2D eigenvalue weighted by Crippen LogP contribution is -2.12. The number of benzene rings is 2. The summed E-state index contributed by atoms with van der Waals surface area (Å²) in [7, 11) is 1.01. The molecule has 1 heterocycles. The summed E-state index contributed by atoms with van der Waals surface area (Å²) >= 11 is 5.87. The van der Waals surface area contributed by atoms with Crippen LogP contribution in [0.25, 0.3) is 5.69 Å². The number of carbonyl (C=O) groups is 1. The largest absolute Gasteiger partial charge is 0.464 e. The maximum absolute atomic E-state index is 14.7. The Morgan fingerprint density at radius 1 is 1.12 bits per heavy atom. The number of hydrogen-bond acceptors (Lipinski definition) is 5. The van der Waals surface area contributed by atoms with Crippen molar-refractivity contribution in [2.75, 3.05) is 12.8 Å². The third-order valence-electron chi connectivity index (χ3n) is 4.34. The normalized spacial score (nSPS) is 11.2. The number of alkyl halides is 3. The Labute approximate surface area is 186 Å². The SMILES string of the molecule is COC(=O)c1c(N)c(C#N)cn1-c1cc(Oc2c(F)cc(C(F)(F)F)cc2F)c(Cl)cc1F. The summed E-state index contributed by atoms with van der Waals surface area (Å²) in [6.45, 7) is 0. The predicted molar refractivity (Wildman–Crippen MR) is 103 cm³/mol. The standard InChI is InChI=1S/C20H10ClF6N3O3/c1-32-19(31)17-16(29)8(6-28)7-30(17)14-5-15(10(21)4-11(14)22)33-18-12(23)2-9(3-13(18)24)20(25,26)27/h2-5,7H,29H2,1H3. The molecule has 0 saturated heterocycles. The average molecular weight is 490 g/mol. The molecule has 0 radical (unpaired) electrons. The number of halogens is 7. The highest BCUT2D eigenvalue weighted by Gasteiger charge is 2.33. The van der Waals surface area contributed by atoms with Crippen LogP contribution >= 0.6 is 11.6 Å². The first-order valence-corrected chi connectivity index (χ1v) is 8.99. The van der Waals surface area contributed by atoms with Crippen molar-refractivity contribution in [3.8, 4) is 23.3 Å². The van der Waals surface area contributed by atoms with Gasteiger partial charge in [0.1, 0.15) is 17.6 Å². The van der Waals surface area contributed by atoms with Gasteiger partial charge >= 0.3 is 12.1 Å². The van der Waals surface area contributed by atoms with Crippen LogP contribution in [0.5, 0.6) is 11.5 Å². The molecule has 0 unspecified atom stereocenters. The van der Waals surface area contributed by atoms with E-state index in [9.17, 15) is 31.1 Å². The van der Waals surface area contributed by atoms with Gasteiger partial charge in [-0.3, -0.25) is 0 Å². The van der Waals surface area contributed by atoms with Crippen LogP contribution in [-0.2, 0) is 10.9 Å². The van der Waals surface area contributed by atoms with E-state index < -0.39 is 63.1 Å². The molecule has 0 aliphatic heterocycles. The molecule has 3 aromatic rings. The highest BCUT2D eigenvalue weighted by molar-refractivity contribution is 6.32. The van der Waals surface area contributed by atoms with E-state index in [4.69, 9.17) is 27.3 Å². The van der Waals surface area contributed by atoms with Gasteiger partial charge in [0.15, 0.2) is 23.1 Å². The fourth-order valence-electron chi connectivity index (χ4n) is 2.82. The maximum Gasteiger partial charge on any atom is 0.416 e. The van der Waals surface area contributed by atoms with Gasteiger partial charge in [0.25, 0.3) is 0 Å². The number of nitrogens with zero attached hydrogens (tertiary/aromatic N) is 2. The monoisotopic (exact) mass is 489 g/mol. The fraction of sp³-hybridized carbons (Fsp3) is 0.100. The average Bonchev–Trinajstić information content (AvgIpc) is 3.06. The van der Waals surface area contributed by atoms with Crippen LogP contribution in [0.3, 0.4) is 0 Å². The second-order valence-corrected chi connectivity index (χ2v) is 6.79. The molecule has 2 aromatic carbocycles. The van der Waals surface area contributed by atoms with Crippen molar-refractivity contribution in [1.29, 1.82) is 5.26 Å². The van der Waals surface area contributed by atoms with Gasteiger partial charge in [-0.15, -0.1) is 0 Å². The van der Waals surface area contributed by atoms with Gasteiger partial charge in [-0.05, 0) is 18.2 Å². The smallest absolute Gasteiger partial charge is 0.416 e. The zero-order valence-electron chi connectivity index (χ0n) is 16.2. The number of methoxy groups -OCH3 is 1. The molecule has 13 heteroatoms. The number of nitrogen functional groups attached to an aromatic ring is 1. The Balaban J connectivity index is 2.16. The van der Waals surface area contributed by atoms with Crippen molar-refractivity contribution >= 4 is 23.3 Å². The van der Waals surface area contributed by atoms with E-state index in [2.05, 4.69) is 4.74 Å². The molecule has 0 aliphatic carbocycles. The van der Waals surface area contributed by atoms with E-state index in [1.807, 2.05) is 0 Å². The summed E-state index contributed by atoms with van der Waals surface area (Å²) in [6.07, 6.45) is -4.02. The van der Waals surface area contributed by atoms with Gasteiger partial charge in [-0.25, -0.2) is 18.0 Å². The minimum Gasteiger partial charge on any atom is -0.464 e. The molecular formula is C20H10ClF6N3O3. The first kappa shape index (κ1) is 23.8. The maximum atomic E-state index is 14.7. The molecule has 0 amide bonds. The Kier molecular flexibility index (Phi) is 6.20. The van der Waals surface area contributed by atoms with Crippen molar-refractivity contribution in [3.05, 3.63) is 69.8 Å². The van der Waals surface area contributed by atoms with Crippen LogP contribution in [0.15, 0.2) is 30.5 Å². The zero-order chi connectivity index (χ0) is 24.7. The number of carbonyl (C=O) groups excluding carboxylic acids is 1. The molecule has 2 N–H and O–H groups in total. The van der Waals surface area contributed by atoms with Gasteiger partial charge in [0.2, 0.25) is 0 Å². The van der Waals surface area contributed by atoms with Crippen molar-refractivity contribution in [1.82, 2.24) is 4.57 Å². The zero-order valence-corrected chi connectivity index (χ0v) is 17.0. The predicted octanol–water partition coefficient (Wildman–Crippen LogP) is 5.60. The fourth-order valence-corrected chi connectivity index (χ4v) is 3.01. The van der Waals surface area contributed by atoms with E-state index in [0.29, 0.717) is 6.07 Å². The van der Waals surface area contributed by atoms with E-state index in [0.717, 1.165) is 23.9 Å². The second kappa shape index (κ2) is 8.59. The number of anilines is 1. The van der Waals surface area contributed by atoms with E-state index >= 15 is 0 Å². The minimum atomic E-state index is -5.02. The summed E-state index contributed by atoms with van der Waals surface area (Å²) in [5, 5.41) is 8.66. The Bertz CT molecular complexity index is 1290. The van der Waals surface area contributed by atoms with Crippen molar-refractivity contribution in [2.24, 2.45) is 0 Å². The first-order chi connectivity index (χ1) is 15.4. The molecule has 172 valence electrons. The van der Waals surface area contributed by atoms with Crippen LogP contribution in [0.4, 0.5) is 32.0 Å². The molecule has 0 saturated carbocycles. The van der Waals surface area contributed by atoms with E-state index in [1.54, 1.807) is 6.07 Å². The number of hydrogen-bond donors (Lipinski definition) is 1. The molecule has 0 atom stereocenters. The third-order valence-corrected chi connectivity index (χ3v) is 4.64. The Morgan fingerprint density at radius 3 is 2.24 bits per heavy atom. The van der Waals surface area contributed by atoms with E-state index in [-0.39, 0.29) is 23.4 Å². The van der Waals surface area contributed by atoms with Gasteiger partial charge < -0.3 is 19.8 Å². The van der Waals surface area contributed by atoms with Crippen LogP contribution in [0.1, 0.15) is 21.6 Å². The number of ether oxygens (including phenoxy) is 2.